The zero-order chi connectivity index (χ0) is 18.8. The first kappa shape index (κ1) is 16.9. The largest absolute Gasteiger partial charge is 0.340 e. The summed E-state index contributed by atoms with van der Waals surface area (Å²) in [4.78, 5) is 9.29. The Hall–Kier alpha value is -3.54. The minimum atomic E-state index is -0.309. The molecular formula is C21H18FN5. The molecule has 2 aromatic heterocycles. The summed E-state index contributed by atoms with van der Waals surface area (Å²) in [5, 5.41) is 7.68. The van der Waals surface area contributed by atoms with Crippen molar-refractivity contribution in [2.75, 3.05) is 5.32 Å². The molecule has 5 nitrogen and oxygen atoms in total. The lowest BCUT2D eigenvalue weighted by atomic mass is 10.2. The van der Waals surface area contributed by atoms with Gasteiger partial charge in [0.15, 0.2) is 11.6 Å². The molecule has 0 radical (unpaired) electrons. The van der Waals surface area contributed by atoms with E-state index in [1.165, 1.54) is 12.1 Å². The van der Waals surface area contributed by atoms with Crippen molar-refractivity contribution < 1.29 is 4.39 Å². The molecular weight excluding hydrogens is 341 g/mol. The maximum atomic E-state index is 13.5. The molecule has 0 unspecified atom stereocenters. The standard InChI is InChI=1S/C21H18FN5/c1-14-11-15(2)27(26-14)20-13-19(23-18-10-6-9-17(22)12-18)24-21(25-20)16-7-4-3-5-8-16/h3-13H,1-2H3,(H,23,24,25). The molecule has 2 aromatic carbocycles. The van der Waals surface area contributed by atoms with Gasteiger partial charge >= 0.3 is 0 Å². The molecule has 0 spiro atoms. The Labute approximate surface area is 156 Å². The number of benzene rings is 2. The molecule has 0 aliphatic heterocycles. The third-order valence-corrected chi connectivity index (χ3v) is 4.07. The second kappa shape index (κ2) is 6.99. The number of anilines is 2. The first-order chi connectivity index (χ1) is 13.1. The van der Waals surface area contributed by atoms with Gasteiger partial charge in [0.05, 0.1) is 5.69 Å². The van der Waals surface area contributed by atoms with Crippen LogP contribution in [0, 0.1) is 19.7 Å². The fourth-order valence-corrected chi connectivity index (χ4v) is 2.90. The smallest absolute Gasteiger partial charge is 0.163 e. The number of nitrogens with one attached hydrogen (secondary N) is 1. The highest BCUT2D eigenvalue weighted by atomic mass is 19.1. The van der Waals surface area contributed by atoms with E-state index in [1.54, 1.807) is 22.9 Å². The monoisotopic (exact) mass is 359 g/mol. The highest BCUT2D eigenvalue weighted by molar-refractivity contribution is 5.63. The van der Waals surface area contributed by atoms with Crippen LogP contribution >= 0.6 is 0 Å². The van der Waals surface area contributed by atoms with Gasteiger partial charge in [-0.25, -0.2) is 19.0 Å². The highest BCUT2D eigenvalue weighted by Crippen LogP contribution is 2.23. The maximum Gasteiger partial charge on any atom is 0.163 e. The summed E-state index contributed by atoms with van der Waals surface area (Å²) in [5.74, 6) is 1.47. The zero-order valence-electron chi connectivity index (χ0n) is 15.0. The lowest BCUT2D eigenvalue weighted by Crippen LogP contribution is -2.06. The molecule has 4 aromatic rings. The van der Waals surface area contributed by atoms with Crippen LogP contribution in [0.5, 0.6) is 0 Å². The molecule has 27 heavy (non-hydrogen) atoms. The number of halogens is 1. The van der Waals surface area contributed by atoms with Crippen molar-refractivity contribution >= 4 is 11.5 Å². The number of hydrogen-bond donors (Lipinski definition) is 1. The van der Waals surface area contributed by atoms with Crippen LogP contribution in [0.25, 0.3) is 17.2 Å². The first-order valence-corrected chi connectivity index (χ1v) is 8.59. The molecule has 0 aliphatic carbocycles. The van der Waals surface area contributed by atoms with Crippen molar-refractivity contribution in [3.05, 3.63) is 83.9 Å². The molecule has 2 heterocycles. The van der Waals surface area contributed by atoms with Crippen LogP contribution in [-0.4, -0.2) is 19.7 Å². The summed E-state index contributed by atoms with van der Waals surface area (Å²) in [7, 11) is 0. The molecule has 0 bridgehead atoms. The van der Waals surface area contributed by atoms with E-state index in [4.69, 9.17) is 0 Å². The number of nitrogens with zero attached hydrogens (tertiary/aromatic N) is 4. The normalized spacial score (nSPS) is 10.8. The van der Waals surface area contributed by atoms with Crippen LogP contribution in [0.3, 0.4) is 0 Å². The average molecular weight is 359 g/mol. The lowest BCUT2D eigenvalue weighted by Gasteiger charge is -2.11. The Morgan fingerprint density at radius 2 is 1.70 bits per heavy atom. The van der Waals surface area contributed by atoms with E-state index in [-0.39, 0.29) is 5.82 Å². The van der Waals surface area contributed by atoms with Crippen LogP contribution in [0.2, 0.25) is 0 Å². The second-order valence-corrected chi connectivity index (χ2v) is 6.28. The van der Waals surface area contributed by atoms with E-state index in [9.17, 15) is 4.39 Å². The minimum absolute atomic E-state index is 0.309. The molecule has 4 rings (SSSR count). The molecule has 134 valence electrons. The van der Waals surface area contributed by atoms with Crippen molar-refractivity contribution in [1.29, 1.82) is 0 Å². The molecule has 6 heteroatoms. The van der Waals surface area contributed by atoms with Crippen LogP contribution < -0.4 is 5.32 Å². The summed E-state index contributed by atoms with van der Waals surface area (Å²) in [6, 6.07) is 19.8. The van der Waals surface area contributed by atoms with E-state index in [1.807, 2.05) is 50.2 Å². The van der Waals surface area contributed by atoms with Gasteiger partial charge in [-0.15, -0.1) is 0 Å². The van der Waals surface area contributed by atoms with Gasteiger partial charge in [0.1, 0.15) is 11.6 Å². The quantitative estimate of drug-likeness (QED) is 0.567. The molecule has 1 N–H and O–H groups in total. The molecule has 0 aliphatic rings. The van der Waals surface area contributed by atoms with E-state index < -0.39 is 0 Å². The Morgan fingerprint density at radius 3 is 2.41 bits per heavy atom. The van der Waals surface area contributed by atoms with Gasteiger partial charge in [0, 0.05) is 23.0 Å². The van der Waals surface area contributed by atoms with E-state index in [0.29, 0.717) is 23.1 Å². The van der Waals surface area contributed by atoms with Gasteiger partial charge < -0.3 is 5.32 Å². The lowest BCUT2D eigenvalue weighted by molar-refractivity contribution is 0.628. The third-order valence-electron chi connectivity index (χ3n) is 4.07. The number of hydrogen-bond acceptors (Lipinski definition) is 4. The Balaban J connectivity index is 1.83. The predicted molar refractivity (Wildman–Crippen MR) is 104 cm³/mol. The second-order valence-electron chi connectivity index (χ2n) is 6.28. The summed E-state index contributed by atoms with van der Waals surface area (Å²) >= 11 is 0. The number of rotatable bonds is 4. The van der Waals surface area contributed by atoms with Crippen molar-refractivity contribution in [2.45, 2.75) is 13.8 Å². The summed E-state index contributed by atoms with van der Waals surface area (Å²) in [6.45, 7) is 3.92. The third kappa shape index (κ3) is 3.69. The van der Waals surface area contributed by atoms with Crippen molar-refractivity contribution in [2.24, 2.45) is 0 Å². The Bertz CT molecular complexity index is 1090. The van der Waals surface area contributed by atoms with Gasteiger partial charge in [-0.1, -0.05) is 36.4 Å². The van der Waals surface area contributed by atoms with Gasteiger partial charge in [0.25, 0.3) is 0 Å². The van der Waals surface area contributed by atoms with Gasteiger partial charge in [0.2, 0.25) is 0 Å². The summed E-state index contributed by atoms with van der Waals surface area (Å²) in [5.41, 5.74) is 3.39. The summed E-state index contributed by atoms with van der Waals surface area (Å²) in [6.07, 6.45) is 0. The van der Waals surface area contributed by atoms with Crippen molar-refractivity contribution in [3.63, 3.8) is 0 Å². The van der Waals surface area contributed by atoms with Crippen LogP contribution in [0.15, 0.2) is 66.7 Å². The average Bonchev–Trinajstić information content (AvgIpc) is 3.00. The first-order valence-electron chi connectivity index (χ1n) is 8.59. The maximum absolute atomic E-state index is 13.5. The topological polar surface area (TPSA) is 55.6 Å². The van der Waals surface area contributed by atoms with E-state index in [0.717, 1.165) is 17.0 Å². The van der Waals surface area contributed by atoms with Gasteiger partial charge in [-0.2, -0.15) is 5.10 Å². The number of aromatic nitrogens is 4. The SMILES string of the molecule is Cc1cc(C)n(-c2cc(Nc3cccc(F)c3)nc(-c3ccccc3)n2)n1. The highest BCUT2D eigenvalue weighted by Gasteiger charge is 2.12. The Kier molecular flexibility index (Phi) is 4.38. The fraction of sp³-hybridized carbons (Fsp3) is 0.0952. The van der Waals surface area contributed by atoms with Crippen molar-refractivity contribution in [1.82, 2.24) is 19.7 Å². The van der Waals surface area contributed by atoms with Gasteiger partial charge in [-0.3, -0.25) is 0 Å². The van der Waals surface area contributed by atoms with Crippen LogP contribution in [0.4, 0.5) is 15.9 Å². The fourth-order valence-electron chi connectivity index (χ4n) is 2.90. The van der Waals surface area contributed by atoms with E-state index >= 15 is 0 Å². The molecule has 0 saturated carbocycles. The molecule has 0 atom stereocenters. The zero-order valence-corrected chi connectivity index (χ0v) is 15.0. The van der Waals surface area contributed by atoms with Crippen molar-refractivity contribution in [3.8, 4) is 17.2 Å². The van der Waals surface area contributed by atoms with E-state index in [2.05, 4.69) is 20.4 Å². The predicted octanol–water partition coefficient (Wildman–Crippen LogP) is 4.83. The summed E-state index contributed by atoms with van der Waals surface area (Å²) < 4.78 is 15.3. The van der Waals surface area contributed by atoms with Crippen LogP contribution in [0.1, 0.15) is 11.4 Å². The Morgan fingerprint density at radius 1 is 0.889 bits per heavy atom. The molecule has 0 saturated heterocycles. The minimum Gasteiger partial charge on any atom is -0.340 e. The van der Waals surface area contributed by atoms with Crippen LogP contribution in [-0.2, 0) is 0 Å². The molecule has 0 amide bonds. The van der Waals surface area contributed by atoms with Gasteiger partial charge in [-0.05, 0) is 38.1 Å². The molecule has 0 fully saturated rings. The number of aryl methyl sites for hydroxylation is 2.